The van der Waals surface area contributed by atoms with Crippen molar-refractivity contribution in [3.8, 4) is 11.6 Å². The Morgan fingerprint density at radius 2 is 2.22 bits per heavy atom. The molecule has 0 unspecified atom stereocenters. The van der Waals surface area contributed by atoms with Crippen LogP contribution in [0.15, 0.2) is 16.7 Å². The van der Waals surface area contributed by atoms with Crippen LogP contribution in [0.1, 0.15) is 23.2 Å². The summed E-state index contributed by atoms with van der Waals surface area (Å²) in [6, 6.07) is 1.31. The minimum absolute atomic E-state index is 0.0148. The summed E-state index contributed by atoms with van der Waals surface area (Å²) in [5.41, 5.74) is -0.126. The standard InChI is InChI=1S/C13H11BrClF2N3O3/c1-3-22-12(21)9-10(15)20(6(2)19-9)11-8(23-13(16)17)4-7(14)5-18-11/h4-5,13H,3H2,1-2H3. The molecule has 0 amide bonds. The number of aryl methyl sites for hydroxylation is 1. The zero-order valence-electron chi connectivity index (χ0n) is 12.0. The van der Waals surface area contributed by atoms with Crippen LogP contribution in [0.4, 0.5) is 8.78 Å². The first-order chi connectivity index (χ1) is 10.8. The topological polar surface area (TPSA) is 66.2 Å². The fourth-order valence-electron chi connectivity index (χ4n) is 1.85. The van der Waals surface area contributed by atoms with Gasteiger partial charge in [-0.3, -0.25) is 4.57 Å². The van der Waals surface area contributed by atoms with E-state index < -0.39 is 12.6 Å². The number of aromatic nitrogens is 3. The van der Waals surface area contributed by atoms with Gasteiger partial charge in [-0.2, -0.15) is 8.78 Å². The summed E-state index contributed by atoms with van der Waals surface area (Å²) in [5, 5.41) is -0.102. The fourth-order valence-corrected chi connectivity index (χ4v) is 2.48. The fraction of sp³-hybridized carbons (Fsp3) is 0.308. The number of imidazole rings is 1. The number of pyridine rings is 1. The molecule has 0 N–H and O–H groups in total. The molecule has 6 nitrogen and oxygen atoms in total. The lowest BCUT2D eigenvalue weighted by atomic mass is 10.4. The molecule has 0 radical (unpaired) electrons. The second kappa shape index (κ2) is 7.22. The Bertz CT molecular complexity index is 739. The molecular weight excluding hydrogens is 400 g/mol. The maximum atomic E-state index is 12.6. The molecule has 2 aromatic heterocycles. The number of rotatable bonds is 5. The summed E-state index contributed by atoms with van der Waals surface area (Å²) >= 11 is 9.27. The molecule has 0 saturated carbocycles. The largest absolute Gasteiger partial charge is 0.461 e. The molecule has 10 heteroatoms. The molecular formula is C13H11BrClF2N3O3. The molecule has 0 saturated heterocycles. The van der Waals surface area contributed by atoms with E-state index in [1.165, 1.54) is 16.8 Å². The lowest BCUT2D eigenvalue weighted by molar-refractivity contribution is -0.0501. The predicted molar refractivity (Wildman–Crippen MR) is 81.4 cm³/mol. The van der Waals surface area contributed by atoms with Gasteiger partial charge < -0.3 is 9.47 Å². The van der Waals surface area contributed by atoms with Crippen LogP contribution in [0, 0.1) is 6.92 Å². The zero-order chi connectivity index (χ0) is 17.1. The van der Waals surface area contributed by atoms with Gasteiger partial charge in [0.1, 0.15) is 11.0 Å². The molecule has 0 aliphatic heterocycles. The molecule has 23 heavy (non-hydrogen) atoms. The average molecular weight is 411 g/mol. The number of hydrogen-bond donors (Lipinski definition) is 0. The summed E-state index contributed by atoms with van der Waals surface area (Å²) in [6.07, 6.45) is 1.38. The van der Waals surface area contributed by atoms with Gasteiger partial charge in [-0.1, -0.05) is 11.6 Å². The number of esters is 1. The number of nitrogens with zero attached hydrogens (tertiary/aromatic N) is 3. The number of alkyl halides is 2. The lowest BCUT2D eigenvalue weighted by Crippen LogP contribution is -2.09. The predicted octanol–water partition coefficient (Wildman–Crippen LogP) is 3.77. The molecule has 2 aromatic rings. The van der Waals surface area contributed by atoms with Crippen molar-refractivity contribution < 1.29 is 23.0 Å². The van der Waals surface area contributed by atoms with E-state index in [4.69, 9.17) is 16.3 Å². The maximum absolute atomic E-state index is 12.6. The van der Waals surface area contributed by atoms with Gasteiger partial charge >= 0.3 is 12.6 Å². The minimum Gasteiger partial charge on any atom is -0.461 e. The molecule has 0 atom stereocenters. The molecule has 0 aromatic carbocycles. The quantitative estimate of drug-likeness (QED) is 0.702. The van der Waals surface area contributed by atoms with Crippen molar-refractivity contribution in [2.75, 3.05) is 6.61 Å². The first-order valence-corrected chi connectivity index (χ1v) is 7.55. The van der Waals surface area contributed by atoms with Gasteiger partial charge in [0.25, 0.3) is 0 Å². The highest BCUT2D eigenvalue weighted by molar-refractivity contribution is 9.10. The van der Waals surface area contributed by atoms with Crippen molar-refractivity contribution in [1.82, 2.24) is 14.5 Å². The Hall–Kier alpha value is -1.74. The van der Waals surface area contributed by atoms with Crippen LogP contribution >= 0.6 is 27.5 Å². The van der Waals surface area contributed by atoms with Gasteiger partial charge in [-0.25, -0.2) is 14.8 Å². The van der Waals surface area contributed by atoms with Gasteiger partial charge in [0.2, 0.25) is 0 Å². The summed E-state index contributed by atoms with van der Waals surface area (Å²) in [4.78, 5) is 19.9. The van der Waals surface area contributed by atoms with Crippen molar-refractivity contribution in [3.05, 3.63) is 33.4 Å². The highest BCUT2D eigenvalue weighted by atomic mass is 79.9. The van der Waals surface area contributed by atoms with Crippen molar-refractivity contribution in [2.24, 2.45) is 0 Å². The molecule has 2 rings (SSSR count). The smallest absolute Gasteiger partial charge is 0.387 e. The average Bonchev–Trinajstić information content (AvgIpc) is 2.75. The molecule has 0 aliphatic rings. The monoisotopic (exact) mass is 409 g/mol. The summed E-state index contributed by atoms with van der Waals surface area (Å²) in [5.74, 6) is -0.675. The van der Waals surface area contributed by atoms with E-state index >= 15 is 0 Å². The molecule has 0 spiro atoms. The number of carbonyl (C=O) groups excluding carboxylic acids is 1. The zero-order valence-corrected chi connectivity index (χ0v) is 14.4. The van der Waals surface area contributed by atoms with E-state index in [2.05, 4.69) is 30.6 Å². The first kappa shape index (κ1) is 17.6. The second-order valence-corrected chi connectivity index (χ2v) is 5.48. The summed E-state index contributed by atoms with van der Waals surface area (Å²) < 4.78 is 36.2. The van der Waals surface area contributed by atoms with Crippen LogP contribution in [0.25, 0.3) is 5.82 Å². The Balaban J connectivity index is 2.57. The third kappa shape index (κ3) is 3.78. The van der Waals surface area contributed by atoms with Crippen molar-refractivity contribution in [1.29, 1.82) is 0 Å². The Morgan fingerprint density at radius 3 is 2.83 bits per heavy atom. The SMILES string of the molecule is CCOC(=O)c1nc(C)n(-c2ncc(Br)cc2OC(F)F)c1Cl. The van der Waals surface area contributed by atoms with Crippen LogP contribution < -0.4 is 4.74 Å². The van der Waals surface area contributed by atoms with Crippen molar-refractivity contribution in [3.63, 3.8) is 0 Å². The Kier molecular flexibility index (Phi) is 5.53. The third-order valence-electron chi connectivity index (χ3n) is 2.69. The Morgan fingerprint density at radius 1 is 1.52 bits per heavy atom. The number of halogens is 4. The van der Waals surface area contributed by atoms with Crippen molar-refractivity contribution in [2.45, 2.75) is 20.5 Å². The second-order valence-electron chi connectivity index (χ2n) is 4.21. The molecule has 2 heterocycles. The van der Waals surface area contributed by atoms with Gasteiger partial charge in [0.15, 0.2) is 17.3 Å². The van der Waals surface area contributed by atoms with E-state index in [0.717, 1.165) is 0 Å². The van der Waals surface area contributed by atoms with E-state index in [-0.39, 0.29) is 34.8 Å². The Labute approximate surface area is 143 Å². The molecule has 0 aliphatic carbocycles. The van der Waals surface area contributed by atoms with Gasteiger partial charge in [-0.05, 0) is 29.8 Å². The first-order valence-electron chi connectivity index (χ1n) is 6.37. The summed E-state index contributed by atoms with van der Waals surface area (Å²) in [7, 11) is 0. The van der Waals surface area contributed by atoms with E-state index in [1.807, 2.05) is 0 Å². The highest BCUT2D eigenvalue weighted by Crippen LogP contribution is 2.31. The van der Waals surface area contributed by atoms with E-state index in [1.54, 1.807) is 13.8 Å². The summed E-state index contributed by atoms with van der Waals surface area (Å²) in [6.45, 7) is 0.291. The third-order valence-corrected chi connectivity index (χ3v) is 3.47. The van der Waals surface area contributed by atoms with Gasteiger partial charge in [0.05, 0.1) is 6.61 Å². The lowest BCUT2D eigenvalue weighted by Gasteiger charge is -2.12. The maximum Gasteiger partial charge on any atom is 0.387 e. The molecule has 0 bridgehead atoms. The normalized spacial score (nSPS) is 10.9. The van der Waals surface area contributed by atoms with Crippen LogP contribution in [0.2, 0.25) is 5.15 Å². The number of carbonyl (C=O) groups is 1. The minimum atomic E-state index is -3.04. The molecule has 0 fully saturated rings. The highest BCUT2D eigenvalue weighted by Gasteiger charge is 2.24. The van der Waals surface area contributed by atoms with Crippen molar-refractivity contribution >= 4 is 33.5 Å². The van der Waals surface area contributed by atoms with Crippen LogP contribution in [-0.4, -0.2) is 33.7 Å². The number of hydrogen-bond acceptors (Lipinski definition) is 5. The van der Waals surface area contributed by atoms with Crippen LogP contribution in [-0.2, 0) is 4.74 Å². The van der Waals surface area contributed by atoms with Gasteiger partial charge in [0, 0.05) is 16.7 Å². The van der Waals surface area contributed by atoms with Crippen LogP contribution in [0.3, 0.4) is 0 Å². The van der Waals surface area contributed by atoms with Crippen LogP contribution in [0.5, 0.6) is 5.75 Å². The number of ether oxygens (including phenoxy) is 2. The van der Waals surface area contributed by atoms with Gasteiger partial charge in [-0.15, -0.1) is 0 Å². The van der Waals surface area contributed by atoms with E-state index in [0.29, 0.717) is 4.47 Å². The molecule has 124 valence electrons. The van der Waals surface area contributed by atoms with E-state index in [9.17, 15) is 13.6 Å².